The number of carbonyl (C=O) groups is 1. The Labute approximate surface area is 120 Å². The summed E-state index contributed by atoms with van der Waals surface area (Å²) in [5.41, 5.74) is 5.85. The lowest BCUT2D eigenvalue weighted by molar-refractivity contribution is 0.0943. The van der Waals surface area contributed by atoms with Crippen molar-refractivity contribution in [2.45, 2.75) is 33.7 Å². The highest BCUT2D eigenvalue weighted by Crippen LogP contribution is 2.02. The first-order valence-electron chi connectivity index (χ1n) is 6.41. The van der Waals surface area contributed by atoms with Gasteiger partial charge in [-0.05, 0) is 24.8 Å². The average molecular weight is 290 g/mol. The van der Waals surface area contributed by atoms with Crippen molar-refractivity contribution < 1.29 is 4.79 Å². The second-order valence-corrected chi connectivity index (χ2v) is 5.10. The molecule has 0 bridgehead atoms. The van der Waals surface area contributed by atoms with Crippen LogP contribution in [0.3, 0.4) is 0 Å². The minimum Gasteiger partial charge on any atom is -0.350 e. The van der Waals surface area contributed by atoms with Gasteiger partial charge in [0.2, 0.25) is 0 Å². The van der Waals surface area contributed by atoms with Gasteiger partial charge in [-0.25, -0.2) is 0 Å². The number of hydrogen-bond donors (Lipinski definition) is 2. The summed E-state index contributed by atoms with van der Waals surface area (Å²) in [4.78, 5) is 11.7. The van der Waals surface area contributed by atoms with E-state index in [-0.39, 0.29) is 24.2 Å². The summed E-state index contributed by atoms with van der Waals surface area (Å²) < 4.78 is 1.71. The van der Waals surface area contributed by atoms with Crippen molar-refractivity contribution in [3.8, 4) is 0 Å². The maximum absolute atomic E-state index is 11.7. The van der Waals surface area contributed by atoms with E-state index in [9.17, 15) is 4.79 Å². The summed E-state index contributed by atoms with van der Waals surface area (Å²) in [7, 11) is 0. The molecule has 0 saturated heterocycles. The summed E-state index contributed by atoms with van der Waals surface area (Å²) in [6.07, 6.45) is 2.71. The lowest BCUT2D eigenvalue weighted by Crippen LogP contribution is -2.31. The van der Waals surface area contributed by atoms with Gasteiger partial charge in [-0.1, -0.05) is 26.0 Å². The number of aromatic nitrogens is 3. The van der Waals surface area contributed by atoms with Gasteiger partial charge in [0.15, 0.2) is 5.69 Å². The molecule has 0 radical (unpaired) electrons. The Hall–Kier alpha value is -1.14. The highest BCUT2D eigenvalue weighted by Gasteiger charge is 2.11. The van der Waals surface area contributed by atoms with Gasteiger partial charge in [0.05, 0.1) is 6.20 Å². The fourth-order valence-electron chi connectivity index (χ4n) is 1.34. The maximum atomic E-state index is 11.7. The van der Waals surface area contributed by atoms with Crippen LogP contribution in [0.4, 0.5) is 0 Å². The van der Waals surface area contributed by atoms with E-state index in [1.54, 1.807) is 10.9 Å². The lowest BCUT2D eigenvalue weighted by atomic mass is 10.1. The molecule has 1 amide bonds. The third kappa shape index (κ3) is 6.54. The van der Waals surface area contributed by atoms with Crippen LogP contribution in [0.2, 0.25) is 0 Å². The first kappa shape index (κ1) is 17.9. The molecule has 3 N–H and O–H groups in total. The maximum Gasteiger partial charge on any atom is 0.273 e. The molecular formula is C12H24ClN5O. The smallest absolute Gasteiger partial charge is 0.273 e. The molecule has 1 atom stereocenters. The highest BCUT2D eigenvalue weighted by atomic mass is 35.5. The molecule has 0 aliphatic heterocycles. The highest BCUT2D eigenvalue weighted by molar-refractivity contribution is 5.91. The van der Waals surface area contributed by atoms with Crippen molar-refractivity contribution in [1.82, 2.24) is 20.3 Å². The number of aryl methyl sites for hydroxylation is 1. The third-order valence-corrected chi connectivity index (χ3v) is 2.72. The molecule has 0 aliphatic rings. The van der Waals surface area contributed by atoms with Crippen molar-refractivity contribution in [2.75, 3.05) is 13.1 Å². The van der Waals surface area contributed by atoms with Gasteiger partial charge >= 0.3 is 0 Å². The minimum absolute atomic E-state index is 0. The third-order valence-electron chi connectivity index (χ3n) is 2.72. The Kier molecular flexibility index (Phi) is 8.34. The van der Waals surface area contributed by atoms with E-state index < -0.39 is 0 Å². The van der Waals surface area contributed by atoms with Gasteiger partial charge in [-0.3, -0.25) is 9.48 Å². The molecule has 1 heterocycles. The number of nitrogens with zero attached hydrogens (tertiary/aromatic N) is 3. The molecule has 0 fully saturated rings. The number of nitrogens with one attached hydrogen (secondary N) is 1. The van der Waals surface area contributed by atoms with Crippen molar-refractivity contribution in [3.05, 3.63) is 11.9 Å². The molecule has 1 aromatic rings. The average Bonchev–Trinajstić information content (AvgIpc) is 2.81. The molecule has 0 aliphatic carbocycles. The second kappa shape index (κ2) is 8.87. The summed E-state index contributed by atoms with van der Waals surface area (Å²) >= 11 is 0. The van der Waals surface area contributed by atoms with Crippen LogP contribution < -0.4 is 11.1 Å². The van der Waals surface area contributed by atoms with E-state index in [0.29, 0.717) is 24.7 Å². The van der Waals surface area contributed by atoms with Gasteiger partial charge in [0.25, 0.3) is 5.91 Å². The molecule has 6 nitrogen and oxygen atoms in total. The van der Waals surface area contributed by atoms with E-state index in [0.717, 1.165) is 13.0 Å². The molecule has 1 aromatic heterocycles. The van der Waals surface area contributed by atoms with Crippen molar-refractivity contribution in [1.29, 1.82) is 0 Å². The van der Waals surface area contributed by atoms with Gasteiger partial charge in [0, 0.05) is 13.1 Å². The molecular weight excluding hydrogens is 266 g/mol. The topological polar surface area (TPSA) is 85.8 Å². The lowest BCUT2D eigenvalue weighted by Gasteiger charge is -2.08. The summed E-state index contributed by atoms with van der Waals surface area (Å²) in [6.45, 7) is 8.20. The Balaban J connectivity index is 0.00000324. The second-order valence-electron chi connectivity index (χ2n) is 5.10. The van der Waals surface area contributed by atoms with Crippen LogP contribution in [0.15, 0.2) is 6.20 Å². The van der Waals surface area contributed by atoms with Crippen molar-refractivity contribution in [3.63, 3.8) is 0 Å². The number of rotatable bonds is 7. The van der Waals surface area contributed by atoms with Crippen LogP contribution >= 0.6 is 12.4 Å². The minimum atomic E-state index is -0.189. The monoisotopic (exact) mass is 289 g/mol. The van der Waals surface area contributed by atoms with E-state index in [4.69, 9.17) is 5.73 Å². The molecule has 0 aromatic carbocycles. The number of nitrogens with two attached hydrogens (primary N) is 1. The Morgan fingerprint density at radius 3 is 2.74 bits per heavy atom. The summed E-state index contributed by atoms with van der Waals surface area (Å²) in [5.74, 6) is 0.688. The normalized spacial score (nSPS) is 12.1. The van der Waals surface area contributed by atoms with Crippen molar-refractivity contribution in [2.24, 2.45) is 17.6 Å². The Bertz CT molecular complexity index is 380. The predicted molar refractivity (Wildman–Crippen MR) is 77.3 cm³/mol. The van der Waals surface area contributed by atoms with Gasteiger partial charge in [-0.2, -0.15) is 0 Å². The quantitative estimate of drug-likeness (QED) is 0.786. The Morgan fingerprint density at radius 1 is 1.47 bits per heavy atom. The molecule has 110 valence electrons. The predicted octanol–water partition coefficient (Wildman–Crippen LogP) is 1.07. The standard InChI is InChI=1S/C12H23N5O.ClH/c1-9(2)4-5-17-8-11(15-16-17)12(18)14-7-10(3)6-13;/h8-10H,4-7,13H2,1-3H3,(H,14,18);1H. The number of carbonyl (C=O) groups excluding carboxylic acids is 1. The van der Waals surface area contributed by atoms with Crippen LogP contribution in [0.1, 0.15) is 37.7 Å². The van der Waals surface area contributed by atoms with E-state index in [1.165, 1.54) is 0 Å². The molecule has 19 heavy (non-hydrogen) atoms. The zero-order valence-electron chi connectivity index (χ0n) is 11.8. The fraction of sp³-hybridized carbons (Fsp3) is 0.750. The molecule has 0 spiro atoms. The Morgan fingerprint density at radius 2 is 2.16 bits per heavy atom. The first-order chi connectivity index (χ1) is 8.52. The van der Waals surface area contributed by atoms with E-state index in [1.807, 2.05) is 6.92 Å². The molecule has 7 heteroatoms. The fourth-order valence-corrected chi connectivity index (χ4v) is 1.34. The SMILES string of the molecule is CC(C)CCn1cc(C(=O)NCC(C)CN)nn1.Cl. The van der Waals surface area contributed by atoms with Gasteiger partial charge in [0.1, 0.15) is 0 Å². The molecule has 0 saturated carbocycles. The van der Waals surface area contributed by atoms with E-state index >= 15 is 0 Å². The van der Waals surface area contributed by atoms with Crippen LogP contribution in [0, 0.1) is 11.8 Å². The number of amides is 1. The van der Waals surface area contributed by atoms with Crippen LogP contribution in [-0.4, -0.2) is 34.0 Å². The summed E-state index contributed by atoms with van der Waals surface area (Å²) in [5, 5.41) is 10.6. The zero-order valence-corrected chi connectivity index (χ0v) is 12.6. The number of halogens is 1. The van der Waals surface area contributed by atoms with Crippen LogP contribution in [0.5, 0.6) is 0 Å². The first-order valence-corrected chi connectivity index (χ1v) is 6.41. The van der Waals surface area contributed by atoms with Gasteiger partial charge < -0.3 is 11.1 Å². The van der Waals surface area contributed by atoms with Crippen molar-refractivity contribution >= 4 is 18.3 Å². The van der Waals surface area contributed by atoms with E-state index in [2.05, 4.69) is 29.5 Å². The van der Waals surface area contributed by atoms with Crippen LogP contribution in [0.25, 0.3) is 0 Å². The van der Waals surface area contributed by atoms with Crippen LogP contribution in [-0.2, 0) is 6.54 Å². The largest absolute Gasteiger partial charge is 0.350 e. The molecule has 1 unspecified atom stereocenters. The summed E-state index contributed by atoms with van der Waals surface area (Å²) in [6, 6.07) is 0. The number of hydrogen-bond acceptors (Lipinski definition) is 4. The van der Waals surface area contributed by atoms with Gasteiger partial charge in [-0.15, -0.1) is 17.5 Å². The molecule has 1 rings (SSSR count). The zero-order chi connectivity index (χ0) is 13.5.